The molecule has 0 aliphatic heterocycles. The summed E-state index contributed by atoms with van der Waals surface area (Å²) in [5.41, 5.74) is 3.04. The minimum Gasteiger partial charge on any atom is -0.299 e. The highest BCUT2D eigenvalue weighted by molar-refractivity contribution is 5.84. The van der Waals surface area contributed by atoms with Crippen molar-refractivity contribution in [2.24, 2.45) is 11.8 Å². The number of hydrogen-bond donors (Lipinski definition) is 0. The van der Waals surface area contributed by atoms with Crippen LogP contribution in [0.25, 0.3) is 0 Å². The molecule has 1 aliphatic carbocycles. The van der Waals surface area contributed by atoms with Crippen molar-refractivity contribution in [1.29, 1.82) is 0 Å². The van der Waals surface area contributed by atoms with Gasteiger partial charge in [-0.25, -0.2) is 0 Å². The molecule has 1 aromatic carbocycles. The van der Waals surface area contributed by atoms with Crippen LogP contribution in [0.2, 0.25) is 0 Å². The summed E-state index contributed by atoms with van der Waals surface area (Å²) >= 11 is 0. The first-order chi connectivity index (χ1) is 9.79. The number of aryl methyl sites for hydroxylation is 2. The third-order valence-corrected chi connectivity index (χ3v) is 4.59. The van der Waals surface area contributed by atoms with Gasteiger partial charge in [0.2, 0.25) is 0 Å². The Balaban J connectivity index is 2.07. The lowest BCUT2D eigenvalue weighted by Gasteiger charge is -2.30. The van der Waals surface area contributed by atoms with E-state index < -0.39 is 18.0 Å². The Morgan fingerprint density at radius 3 is 2.38 bits per heavy atom. The quantitative estimate of drug-likeness (QED) is 0.784. The minimum atomic E-state index is -4.17. The van der Waals surface area contributed by atoms with Crippen LogP contribution in [0.15, 0.2) is 18.2 Å². The molecule has 0 aromatic heterocycles. The Kier molecular flexibility index (Phi) is 4.74. The Labute approximate surface area is 123 Å². The van der Waals surface area contributed by atoms with E-state index >= 15 is 0 Å². The predicted molar refractivity (Wildman–Crippen MR) is 76.1 cm³/mol. The maximum absolute atomic E-state index is 12.8. The number of rotatable bonds is 3. The summed E-state index contributed by atoms with van der Waals surface area (Å²) < 4.78 is 38.5. The second-order valence-electron chi connectivity index (χ2n) is 6.12. The molecular weight excluding hydrogens is 277 g/mol. The zero-order chi connectivity index (χ0) is 15.6. The lowest BCUT2D eigenvalue weighted by atomic mass is 9.77. The van der Waals surface area contributed by atoms with Crippen molar-refractivity contribution in [3.8, 4) is 0 Å². The fraction of sp³-hybridized carbons (Fsp3) is 0.588. The molecule has 2 atom stereocenters. The average molecular weight is 298 g/mol. The van der Waals surface area contributed by atoms with E-state index in [9.17, 15) is 18.0 Å². The third-order valence-electron chi connectivity index (χ3n) is 4.59. The molecule has 0 radical (unpaired) electrons. The van der Waals surface area contributed by atoms with Gasteiger partial charge in [0.25, 0.3) is 0 Å². The fourth-order valence-electron chi connectivity index (χ4n) is 3.23. The van der Waals surface area contributed by atoms with Gasteiger partial charge in [-0.1, -0.05) is 24.6 Å². The van der Waals surface area contributed by atoms with Crippen molar-refractivity contribution in [1.82, 2.24) is 0 Å². The number of halogens is 3. The number of carbonyl (C=O) groups excluding carboxylic acids is 1. The molecular formula is C17H21F3O. The van der Waals surface area contributed by atoms with Crippen molar-refractivity contribution in [3.63, 3.8) is 0 Å². The number of ketones is 1. The zero-order valence-corrected chi connectivity index (χ0v) is 12.5. The van der Waals surface area contributed by atoms with Crippen LogP contribution in [-0.2, 0) is 11.2 Å². The van der Waals surface area contributed by atoms with Crippen molar-refractivity contribution >= 4 is 5.78 Å². The Morgan fingerprint density at radius 1 is 1.19 bits per heavy atom. The SMILES string of the molecule is Cc1cccc(C)c1CC(=O)C1CCCC(C(F)(F)F)C1. The zero-order valence-electron chi connectivity index (χ0n) is 12.5. The monoisotopic (exact) mass is 298 g/mol. The van der Waals surface area contributed by atoms with Crippen molar-refractivity contribution in [2.75, 3.05) is 0 Å². The molecule has 1 aliphatic rings. The predicted octanol–water partition coefficient (Wildman–Crippen LogP) is 4.78. The highest BCUT2D eigenvalue weighted by Crippen LogP contribution is 2.40. The lowest BCUT2D eigenvalue weighted by molar-refractivity contribution is -0.186. The molecule has 0 heterocycles. The van der Waals surface area contributed by atoms with Crippen LogP contribution in [0.1, 0.15) is 42.4 Å². The molecule has 1 nitrogen and oxygen atoms in total. The van der Waals surface area contributed by atoms with Crippen LogP contribution in [-0.4, -0.2) is 12.0 Å². The first-order valence-corrected chi connectivity index (χ1v) is 7.43. The van der Waals surface area contributed by atoms with E-state index in [0.717, 1.165) is 16.7 Å². The third kappa shape index (κ3) is 3.86. The summed E-state index contributed by atoms with van der Waals surface area (Å²) in [5, 5.41) is 0. The Morgan fingerprint density at radius 2 is 1.81 bits per heavy atom. The molecule has 0 amide bonds. The van der Waals surface area contributed by atoms with E-state index in [1.54, 1.807) is 0 Å². The topological polar surface area (TPSA) is 17.1 Å². The van der Waals surface area contributed by atoms with E-state index in [-0.39, 0.29) is 25.0 Å². The van der Waals surface area contributed by atoms with Crippen LogP contribution in [0.3, 0.4) is 0 Å². The normalized spacial score (nSPS) is 23.1. The Hall–Kier alpha value is -1.32. The molecule has 2 rings (SSSR count). The van der Waals surface area contributed by atoms with Crippen LogP contribution in [0.5, 0.6) is 0 Å². The Bertz CT molecular complexity index is 499. The van der Waals surface area contributed by atoms with Gasteiger partial charge in [0.05, 0.1) is 5.92 Å². The number of Topliss-reactive ketones (excluding diaryl/α,β-unsaturated/α-hetero) is 1. The summed E-state index contributed by atoms with van der Waals surface area (Å²) in [5.74, 6) is -1.79. The van der Waals surface area contributed by atoms with Gasteiger partial charge in [-0.15, -0.1) is 0 Å². The molecule has 1 aromatic rings. The maximum atomic E-state index is 12.8. The van der Waals surface area contributed by atoms with E-state index in [1.807, 2.05) is 32.0 Å². The van der Waals surface area contributed by atoms with Gasteiger partial charge in [0.15, 0.2) is 0 Å². The van der Waals surface area contributed by atoms with Crippen molar-refractivity contribution in [2.45, 2.75) is 52.1 Å². The molecule has 0 saturated heterocycles. The highest BCUT2D eigenvalue weighted by Gasteiger charge is 2.43. The summed E-state index contributed by atoms with van der Waals surface area (Å²) in [6.45, 7) is 3.88. The molecule has 0 bridgehead atoms. The summed E-state index contributed by atoms with van der Waals surface area (Å²) in [6, 6.07) is 5.81. The van der Waals surface area contributed by atoms with Crippen molar-refractivity contribution < 1.29 is 18.0 Å². The summed E-state index contributed by atoms with van der Waals surface area (Å²) in [6.07, 6.45) is -2.70. The molecule has 0 N–H and O–H groups in total. The van der Waals surface area contributed by atoms with Crippen LogP contribution < -0.4 is 0 Å². The maximum Gasteiger partial charge on any atom is 0.391 e. The van der Waals surface area contributed by atoms with Gasteiger partial charge in [-0.05, 0) is 49.8 Å². The molecule has 116 valence electrons. The van der Waals surface area contributed by atoms with Gasteiger partial charge in [-0.2, -0.15) is 13.2 Å². The largest absolute Gasteiger partial charge is 0.391 e. The number of alkyl halides is 3. The second kappa shape index (κ2) is 6.20. The molecule has 1 saturated carbocycles. The van der Waals surface area contributed by atoms with E-state index in [4.69, 9.17) is 0 Å². The van der Waals surface area contributed by atoms with Gasteiger partial charge in [0.1, 0.15) is 5.78 Å². The van der Waals surface area contributed by atoms with Gasteiger partial charge < -0.3 is 0 Å². The van der Waals surface area contributed by atoms with Crippen LogP contribution in [0, 0.1) is 25.7 Å². The summed E-state index contributed by atoms with van der Waals surface area (Å²) in [7, 11) is 0. The van der Waals surface area contributed by atoms with E-state index in [1.165, 1.54) is 0 Å². The molecule has 2 unspecified atom stereocenters. The summed E-state index contributed by atoms with van der Waals surface area (Å²) in [4.78, 5) is 12.4. The van der Waals surface area contributed by atoms with Gasteiger partial charge >= 0.3 is 6.18 Å². The smallest absolute Gasteiger partial charge is 0.299 e. The van der Waals surface area contributed by atoms with Crippen molar-refractivity contribution in [3.05, 3.63) is 34.9 Å². The molecule has 4 heteroatoms. The molecule has 21 heavy (non-hydrogen) atoms. The van der Waals surface area contributed by atoms with Gasteiger partial charge in [0, 0.05) is 12.3 Å². The second-order valence-corrected chi connectivity index (χ2v) is 6.12. The standard InChI is InChI=1S/C17H21F3O/c1-11-5-3-6-12(2)15(11)10-16(21)13-7-4-8-14(9-13)17(18,19)20/h3,5-6,13-14H,4,7-10H2,1-2H3. The number of carbonyl (C=O) groups is 1. The van der Waals surface area contributed by atoms with E-state index in [0.29, 0.717) is 12.8 Å². The van der Waals surface area contributed by atoms with E-state index in [2.05, 4.69) is 0 Å². The average Bonchev–Trinajstić information content (AvgIpc) is 2.42. The first-order valence-electron chi connectivity index (χ1n) is 7.43. The number of benzene rings is 1. The fourth-order valence-corrected chi connectivity index (χ4v) is 3.23. The van der Waals surface area contributed by atoms with Gasteiger partial charge in [-0.3, -0.25) is 4.79 Å². The van der Waals surface area contributed by atoms with Crippen LogP contribution in [0.4, 0.5) is 13.2 Å². The number of hydrogen-bond acceptors (Lipinski definition) is 1. The minimum absolute atomic E-state index is 0.0345. The lowest BCUT2D eigenvalue weighted by Crippen LogP contribution is -2.32. The van der Waals surface area contributed by atoms with Crippen LogP contribution >= 0.6 is 0 Å². The highest BCUT2D eigenvalue weighted by atomic mass is 19.4. The molecule has 0 spiro atoms. The first kappa shape index (κ1) is 16.1. The molecule has 1 fully saturated rings.